The van der Waals surface area contributed by atoms with Gasteiger partial charge in [0.25, 0.3) is 0 Å². The van der Waals surface area contributed by atoms with Gasteiger partial charge in [-0.2, -0.15) is 0 Å². The van der Waals surface area contributed by atoms with Crippen molar-refractivity contribution in [3.8, 4) is 0 Å². The minimum absolute atomic E-state index is 0.0426. The molecule has 320 valence electrons. The van der Waals surface area contributed by atoms with E-state index >= 15 is 0 Å². The number of ether oxygens (including phenoxy) is 1. The van der Waals surface area contributed by atoms with Crippen molar-refractivity contribution in [3.05, 3.63) is 0 Å². The van der Waals surface area contributed by atoms with E-state index in [0.717, 1.165) is 25.7 Å². The summed E-state index contributed by atoms with van der Waals surface area (Å²) in [5.74, 6) is 2.08. The summed E-state index contributed by atoms with van der Waals surface area (Å²) in [5, 5.41) is 25.0. The second-order valence-electron chi connectivity index (χ2n) is 22.6. The normalized spacial score (nSPS) is 46.8. The number of rotatable bonds is 10. The smallest absolute Gasteiger partial charge is 0.309 e. The second kappa shape index (κ2) is 14.5. The van der Waals surface area contributed by atoms with Crippen LogP contribution in [0.4, 0.5) is 0 Å². The van der Waals surface area contributed by atoms with E-state index in [1.165, 1.54) is 44.9 Å². The first-order valence-corrected chi connectivity index (χ1v) is 24.6. The van der Waals surface area contributed by atoms with Crippen LogP contribution in [0.5, 0.6) is 0 Å². The monoisotopic (exact) mass is 803 g/mol. The predicted molar refractivity (Wildman–Crippen MR) is 221 cm³/mol. The van der Waals surface area contributed by atoms with Gasteiger partial charge in [-0.3, -0.25) is 14.5 Å². The Morgan fingerprint density at radius 1 is 0.821 bits per heavy atom. The Bertz CT molecular complexity index is 1620. The maximum Gasteiger partial charge on any atom is 0.309 e. The number of esters is 1. The van der Waals surface area contributed by atoms with Gasteiger partial charge in [-0.25, -0.2) is 8.42 Å². The van der Waals surface area contributed by atoms with Gasteiger partial charge < -0.3 is 20.3 Å². The minimum atomic E-state index is -3.00. The van der Waals surface area contributed by atoms with Gasteiger partial charge in [-0.1, -0.05) is 68.7 Å². The topological polar surface area (TPSA) is 133 Å². The van der Waals surface area contributed by atoms with E-state index in [2.05, 4.69) is 58.7 Å². The number of carboxylic acid groups (broad SMARTS) is 1. The maximum absolute atomic E-state index is 13.7. The fourth-order valence-corrected chi connectivity index (χ4v) is 17.2. The zero-order valence-electron chi connectivity index (χ0n) is 36.7. The number of hydrogen-bond acceptors (Lipinski definition) is 8. The molecule has 1 heterocycles. The van der Waals surface area contributed by atoms with E-state index in [-0.39, 0.29) is 62.7 Å². The van der Waals surface area contributed by atoms with Crippen LogP contribution in [-0.2, 0) is 24.2 Å². The number of hydrogen-bond donors (Lipinski definition) is 3. The fourth-order valence-electron chi connectivity index (χ4n) is 16.0. The van der Waals surface area contributed by atoms with Gasteiger partial charge in [0.2, 0.25) is 0 Å². The van der Waals surface area contributed by atoms with E-state index in [1.807, 2.05) is 20.8 Å². The van der Waals surface area contributed by atoms with Gasteiger partial charge in [-0.15, -0.1) is 0 Å². The maximum atomic E-state index is 13.7. The molecule has 0 bridgehead atoms. The average Bonchev–Trinajstić information content (AvgIpc) is 3.49. The first kappa shape index (κ1) is 42.9. The van der Waals surface area contributed by atoms with Crippen LogP contribution < -0.4 is 5.32 Å². The minimum Gasteiger partial charge on any atom is -0.481 e. The van der Waals surface area contributed by atoms with Crippen LogP contribution >= 0.6 is 0 Å². The Morgan fingerprint density at radius 2 is 1.50 bits per heavy atom. The molecule has 7 rings (SSSR count). The molecule has 3 N–H and O–H groups in total. The van der Waals surface area contributed by atoms with Crippen LogP contribution in [-0.4, -0.2) is 90.4 Å². The molecule has 7 fully saturated rings. The Balaban J connectivity index is 1.11. The summed E-state index contributed by atoms with van der Waals surface area (Å²) < 4.78 is 31.0. The summed E-state index contributed by atoms with van der Waals surface area (Å²) in [5.41, 5.74) is -0.138. The summed E-state index contributed by atoms with van der Waals surface area (Å²) in [7, 11) is -3.00. The third kappa shape index (κ3) is 6.48. The van der Waals surface area contributed by atoms with E-state index in [0.29, 0.717) is 61.6 Å². The van der Waals surface area contributed by atoms with E-state index < -0.39 is 33.2 Å². The lowest BCUT2D eigenvalue weighted by molar-refractivity contribution is -0.249. The molecule has 9 nitrogen and oxygen atoms in total. The number of carbonyl (C=O) groups excluding carboxylic acids is 1. The number of fused-ring (bicyclic) bond motifs is 7. The quantitative estimate of drug-likeness (QED) is 0.191. The molecule has 56 heavy (non-hydrogen) atoms. The average molecular weight is 803 g/mol. The molecular formula is C46H78N2O7S. The highest BCUT2D eigenvalue weighted by molar-refractivity contribution is 7.91. The van der Waals surface area contributed by atoms with Crippen molar-refractivity contribution in [1.29, 1.82) is 0 Å². The molecule has 15 atom stereocenters. The SMILES string of the molecule is CCC(C)[C@@H]1CC[C@]2(NC[C@@H]([C@H](C)O)N3CCS(=O)(=O)CC3)CC[C@]3(C)[C@H](CC[C@@H]4[C@@]5(C)CC[C@H](OC(=O)[C@H]6C[C@@H](C(=O)O)C6(C)C)C(C)(C)[C@@H]5CC[C@]43C)[C@@H]12. The summed E-state index contributed by atoms with van der Waals surface area (Å²) in [6.45, 7) is 24.9. The van der Waals surface area contributed by atoms with Crippen molar-refractivity contribution >= 4 is 21.8 Å². The Morgan fingerprint density at radius 3 is 2.11 bits per heavy atom. The van der Waals surface area contributed by atoms with Crippen LogP contribution in [0.15, 0.2) is 0 Å². The number of aliphatic hydroxyl groups excluding tert-OH is 1. The number of sulfone groups is 1. The van der Waals surface area contributed by atoms with Crippen molar-refractivity contribution < 1.29 is 33.0 Å². The van der Waals surface area contributed by atoms with Crippen LogP contribution in [0.25, 0.3) is 0 Å². The van der Waals surface area contributed by atoms with Crippen molar-refractivity contribution in [2.24, 2.45) is 74.4 Å². The Hall–Kier alpha value is -1.23. The van der Waals surface area contributed by atoms with Gasteiger partial charge in [0.05, 0.1) is 29.4 Å². The predicted octanol–water partition coefficient (Wildman–Crippen LogP) is 7.59. The molecule has 6 aliphatic carbocycles. The molecule has 0 aromatic carbocycles. The molecule has 1 aliphatic heterocycles. The highest BCUT2D eigenvalue weighted by atomic mass is 32.2. The van der Waals surface area contributed by atoms with Crippen LogP contribution in [0.1, 0.15) is 146 Å². The summed E-state index contributed by atoms with van der Waals surface area (Å²) >= 11 is 0. The van der Waals surface area contributed by atoms with Gasteiger partial charge in [0, 0.05) is 36.6 Å². The standard InChI is InChI=1S/C46H78N2O7S/c1-11-28(2)30-14-19-46(47-27-34(29(3)49)48-22-24-56(53,54)25-23-48)21-20-44(9)31(38(30)46)12-13-36-43(8)17-16-37(42(6,7)35(43)15-18-45(36,44)10)55-40(52)33-26-32(39(50)51)41(33,4)5/h28-38,47,49H,11-27H2,1-10H3,(H,50,51)/t28?,29-,30-,31+,32-,33+,34-,35-,36+,37-,38+,43-,44+,45+,46-/m0/s1. The summed E-state index contributed by atoms with van der Waals surface area (Å²) in [6, 6.07) is -0.0976. The van der Waals surface area contributed by atoms with Gasteiger partial charge in [0.1, 0.15) is 6.10 Å². The number of aliphatic carboxylic acids is 1. The third-order valence-electron chi connectivity index (χ3n) is 20.0. The molecule has 0 spiro atoms. The summed E-state index contributed by atoms with van der Waals surface area (Å²) in [4.78, 5) is 27.7. The van der Waals surface area contributed by atoms with Gasteiger partial charge >= 0.3 is 11.9 Å². The molecule has 0 amide bonds. The lowest BCUT2D eigenvalue weighted by Crippen LogP contribution is -2.69. The molecule has 10 heteroatoms. The first-order valence-electron chi connectivity index (χ1n) is 22.8. The molecule has 0 aromatic heterocycles. The Kier molecular flexibility index (Phi) is 11.1. The highest BCUT2D eigenvalue weighted by Gasteiger charge is 2.71. The molecule has 0 aromatic rings. The van der Waals surface area contributed by atoms with Crippen molar-refractivity contribution in [2.75, 3.05) is 31.1 Å². The van der Waals surface area contributed by atoms with Crippen LogP contribution in [0.2, 0.25) is 0 Å². The lowest BCUT2D eigenvalue weighted by atomic mass is 9.32. The number of nitrogens with zero attached hydrogens (tertiary/aromatic N) is 1. The van der Waals surface area contributed by atoms with Crippen LogP contribution in [0, 0.1) is 74.4 Å². The van der Waals surface area contributed by atoms with E-state index in [1.54, 1.807) is 0 Å². The van der Waals surface area contributed by atoms with Crippen LogP contribution in [0.3, 0.4) is 0 Å². The lowest BCUT2D eigenvalue weighted by Gasteiger charge is -2.73. The first-order chi connectivity index (χ1) is 26.0. The van der Waals surface area contributed by atoms with E-state index in [4.69, 9.17) is 4.74 Å². The zero-order valence-corrected chi connectivity index (χ0v) is 37.5. The second-order valence-corrected chi connectivity index (χ2v) is 24.9. The van der Waals surface area contributed by atoms with Gasteiger partial charge in [0.15, 0.2) is 9.84 Å². The molecule has 0 radical (unpaired) electrons. The number of carboxylic acids is 1. The number of carbonyl (C=O) groups is 2. The molecule has 1 unspecified atom stereocenters. The number of aliphatic hydroxyl groups is 1. The third-order valence-corrected chi connectivity index (χ3v) is 21.6. The van der Waals surface area contributed by atoms with E-state index in [9.17, 15) is 28.2 Å². The molecular weight excluding hydrogens is 725 g/mol. The van der Waals surface area contributed by atoms with Crippen molar-refractivity contribution in [2.45, 2.75) is 170 Å². The summed E-state index contributed by atoms with van der Waals surface area (Å²) in [6.07, 6.45) is 12.5. The van der Waals surface area contributed by atoms with Crippen molar-refractivity contribution in [1.82, 2.24) is 10.2 Å². The molecule has 6 saturated carbocycles. The Labute approximate surface area is 339 Å². The fraction of sp³-hybridized carbons (Fsp3) is 0.957. The molecule has 1 saturated heterocycles. The van der Waals surface area contributed by atoms with Gasteiger partial charge in [-0.05, 0) is 135 Å². The molecule has 7 aliphatic rings. The zero-order chi connectivity index (χ0) is 41.0. The number of nitrogens with one attached hydrogen (secondary N) is 1. The van der Waals surface area contributed by atoms with Crippen molar-refractivity contribution in [3.63, 3.8) is 0 Å². The largest absolute Gasteiger partial charge is 0.481 e. The highest BCUT2D eigenvalue weighted by Crippen LogP contribution is 2.76.